The first-order valence-corrected chi connectivity index (χ1v) is 6.55. The molecule has 1 amide bonds. The average Bonchev–Trinajstić information content (AvgIpc) is 2.94. The first-order chi connectivity index (χ1) is 9.74. The molecule has 1 saturated heterocycles. The van der Waals surface area contributed by atoms with Crippen LogP contribution >= 0.6 is 0 Å². The lowest BCUT2D eigenvalue weighted by Crippen LogP contribution is -2.49. The smallest absolute Gasteiger partial charge is 0.274 e. The van der Waals surface area contributed by atoms with Crippen molar-refractivity contribution in [3.63, 3.8) is 0 Å². The Bertz CT molecular complexity index is 588. The highest BCUT2D eigenvalue weighted by atomic mass is 16.2. The minimum Gasteiger partial charge on any atom is -0.337 e. The summed E-state index contributed by atoms with van der Waals surface area (Å²) < 4.78 is 1.64. The fourth-order valence-corrected chi connectivity index (χ4v) is 2.26. The molecule has 1 aliphatic heterocycles. The second-order valence-electron chi connectivity index (χ2n) is 4.70. The van der Waals surface area contributed by atoms with Gasteiger partial charge in [-0.1, -0.05) is 0 Å². The minimum absolute atomic E-state index is 0.0146. The Morgan fingerprint density at radius 2 is 1.85 bits per heavy atom. The van der Waals surface area contributed by atoms with Crippen LogP contribution in [0.3, 0.4) is 0 Å². The fraction of sp³-hybridized carbons (Fsp3) is 0.385. The lowest BCUT2D eigenvalue weighted by Gasteiger charge is -2.34. The van der Waals surface area contributed by atoms with Gasteiger partial charge in [-0.2, -0.15) is 5.10 Å². The van der Waals surface area contributed by atoms with Crippen molar-refractivity contribution in [1.29, 1.82) is 0 Å². The van der Waals surface area contributed by atoms with Gasteiger partial charge in [0.25, 0.3) is 5.91 Å². The van der Waals surface area contributed by atoms with E-state index in [0.29, 0.717) is 18.8 Å². The molecule has 7 nitrogen and oxygen atoms in total. The van der Waals surface area contributed by atoms with Crippen LogP contribution in [-0.2, 0) is 7.05 Å². The van der Waals surface area contributed by atoms with Gasteiger partial charge in [-0.3, -0.25) is 9.48 Å². The molecular weight excluding hydrogens is 256 g/mol. The van der Waals surface area contributed by atoms with Gasteiger partial charge in [-0.15, -0.1) is 0 Å². The van der Waals surface area contributed by atoms with E-state index in [1.165, 1.54) is 0 Å². The van der Waals surface area contributed by atoms with E-state index in [1.807, 2.05) is 11.9 Å². The highest BCUT2D eigenvalue weighted by molar-refractivity contribution is 5.92. The topological polar surface area (TPSA) is 67.2 Å². The van der Waals surface area contributed by atoms with Crippen molar-refractivity contribution >= 4 is 11.9 Å². The number of hydrogen-bond acceptors (Lipinski definition) is 5. The van der Waals surface area contributed by atoms with Crippen LogP contribution in [0.4, 0.5) is 5.95 Å². The number of amides is 1. The molecule has 0 aromatic carbocycles. The van der Waals surface area contributed by atoms with E-state index >= 15 is 0 Å². The van der Waals surface area contributed by atoms with Crippen molar-refractivity contribution in [2.45, 2.75) is 0 Å². The van der Waals surface area contributed by atoms with Gasteiger partial charge in [-0.25, -0.2) is 9.97 Å². The molecule has 2 aromatic heterocycles. The number of hydrogen-bond donors (Lipinski definition) is 0. The lowest BCUT2D eigenvalue weighted by molar-refractivity contribution is 0.0739. The summed E-state index contributed by atoms with van der Waals surface area (Å²) in [6.07, 6.45) is 5.24. The molecule has 0 N–H and O–H groups in total. The Morgan fingerprint density at radius 1 is 1.15 bits per heavy atom. The van der Waals surface area contributed by atoms with Crippen molar-refractivity contribution in [1.82, 2.24) is 24.6 Å². The second kappa shape index (κ2) is 5.28. The predicted molar refractivity (Wildman–Crippen MR) is 73.4 cm³/mol. The van der Waals surface area contributed by atoms with Gasteiger partial charge < -0.3 is 9.80 Å². The standard InChI is InChI=1S/C13H16N6O/c1-17-6-3-11(16-17)12(20)18-7-9-19(10-8-18)13-14-4-2-5-15-13/h2-6H,7-10H2,1H3. The van der Waals surface area contributed by atoms with Crippen LogP contribution in [0.2, 0.25) is 0 Å². The molecule has 1 aliphatic rings. The molecule has 0 atom stereocenters. The summed E-state index contributed by atoms with van der Waals surface area (Å²) in [4.78, 5) is 24.6. The summed E-state index contributed by atoms with van der Waals surface area (Å²) in [6.45, 7) is 2.80. The quantitative estimate of drug-likeness (QED) is 0.780. The normalized spacial score (nSPS) is 15.4. The maximum absolute atomic E-state index is 12.3. The summed E-state index contributed by atoms with van der Waals surface area (Å²) in [7, 11) is 1.81. The minimum atomic E-state index is -0.0146. The van der Waals surface area contributed by atoms with Crippen LogP contribution in [-0.4, -0.2) is 56.7 Å². The average molecular weight is 272 g/mol. The number of anilines is 1. The molecule has 20 heavy (non-hydrogen) atoms. The number of rotatable bonds is 2. The zero-order valence-corrected chi connectivity index (χ0v) is 11.3. The van der Waals surface area contributed by atoms with E-state index in [-0.39, 0.29) is 5.91 Å². The molecule has 7 heteroatoms. The molecule has 2 aromatic rings. The molecule has 0 bridgehead atoms. The zero-order valence-electron chi connectivity index (χ0n) is 11.3. The molecule has 0 unspecified atom stereocenters. The van der Waals surface area contributed by atoms with Gasteiger partial charge in [0.2, 0.25) is 5.95 Å². The molecule has 1 fully saturated rings. The number of piperazine rings is 1. The highest BCUT2D eigenvalue weighted by Gasteiger charge is 2.24. The number of nitrogens with zero attached hydrogens (tertiary/aromatic N) is 6. The Kier molecular flexibility index (Phi) is 3.32. The molecular formula is C13H16N6O. The summed E-state index contributed by atoms with van der Waals surface area (Å²) in [5.74, 6) is 0.705. The van der Waals surface area contributed by atoms with E-state index in [1.54, 1.807) is 35.4 Å². The predicted octanol–water partition coefficient (Wildman–Crippen LogP) is 0.172. The van der Waals surface area contributed by atoms with Crippen LogP contribution in [0, 0.1) is 0 Å². The lowest BCUT2D eigenvalue weighted by atomic mass is 10.3. The number of carbonyl (C=O) groups is 1. The van der Waals surface area contributed by atoms with E-state index in [0.717, 1.165) is 19.0 Å². The van der Waals surface area contributed by atoms with Crippen LogP contribution in [0.15, 0.2) is 30.7 Å². The summed E-state index contributed by atoms with van der Waals surface area (Å²) in [5.41, 5.74) is 0.497. The van der Waals surface area contributed by atoms with Crippen molar-refractivity contribution in [2.24, 2.45) is 7.05 Å². The van der Waals surface area contributed by atoms with Gasteiger partial charge in [0.15, 0.2) is 0 Å². The van der Waals surface area contributed by atoms with Gasteiger partial charge in [0.05, 0.1) is 0 Å². The van der Waals surface area contributed by atoms with Crippen molar-refractivity contribution in [3.05, 3.63) is 36.4 Å². The summed E-state index contributed by atoms with van der Waals surface area (Å²) in [6, 6.07) is 3.54. The third-order valence-electron chi connectivity index (χ3n) is 3.33. The maximum Gasteiger partial charge on any atom is 0.274 e. The van der Waals surface area contributed by atoms with Crippen molar-refractivity contribution in [3.8, 4) is 0 Å². The molecule has 0 radical (unpaired) electrons. The van der Waals surface area contributed by atoms with Crippen molar-refractivity contribution in [2.75, 3.05) is 31.1 Å². The second-order valence-corrected chi connectivity index (χ2v) is 4.70. The SMILES string of the molecule is Cn1ccc(C(=O)N2CCN(c3ncccn3)CC2)n1. The molecule has 0 aliphatic carbocycles. The van der Waals surface area contributed by atoms with E-state index in [4.69, 9.17) is 0 Å². The molecule has 3 heterocycles. The maximum atomic E-state index is 12.3. The number of carbonyl (C=O) groups excluding carboxylic acids is 1. The first-order valence-electron chi connectivity index (χ1n) is 6.55. The highest BCUT2D eigenvalue weighted by Crippen LogP contribution is 2.11. The van der Waals surface area contributed by atoms with Crippen molar-refractivity contribution < 1.29 is 4.79 Å². The van der Waals surface area contributed by atoms with Crippen LogP contribution in [0.5, 0.6) is 0 Å². The molecule has 0 spiro atoms. The van der Waals surface area contributed by atoms with Gasteiger partial charge in [0, 0.05) is 51.8 Å². The number of aryl methyl sites for hydroxylation is 1. The summed E-state index contributed by atoms with van der Waals surface area (Å²) in [5, 5.41) is 4.15. The summed E-state index contributed by atoms with van der Waals surface area (Å²) >= 11 is 0. The van der Waals surface area contributed by atoms with Crippen LogP contribution < -0.4 is 4.90 Å². The monoisotopic (exact) mass is 272 g/mol. The van der Waals surface area contributed by atoms with Gasteiger partial charge >= 0.3 is 0 Å². The van der Waals surface area contributed by atoms with Gasteiger partial charge in [-0.05, 0) is 12.1 Å². The Hall–Kier alpha value is -2.44. The van der Waals surface area contributed by atoms with E-state index < -0.39 is 0 Å². The van der Waals surface area contributed by atoms with Crippen LogP contribution in [0.25, 0.3) is 0 Å². The Morgan fingerprint density at radius 3 is 2.45 bits per heavy atom. The van der Waals surface area contributed by atoms with E-state index in [9.17, 15) is 4.79 Å². The Balaban J connectivity index is 1.63. The zero-order chi connectivity index (χ0) is 13.9. The van der Waals surface area contributed by atoms with Gasteiger partial charge in [0.1, 0.15) is 5.69 Å². The Labute approximate surface area is 116 Å². The largest absolute Gasteiger partial charge is 0.337 e. The third-order valence-corrected chi connectivity index (χ3v) is 3.33. The molecule has 104 valence electrons. The third kappa shape index (κ3) is 2.47. The fourth-order valence-electron chi connectivity index (χ4n) is 2.26. The first kappa shape index (κ1) is 12.6. The number of aromatic nitrogens is 4. The van der Waals surface area contributed by atoms with Crippen LogP contribution in [0.1, 0.15) is 10.5 Å². The molecule has 0 saturated carbocycles. The molecule has 3 rings (SSSR count). The van der Waals surface area contributed by atoms with E-state index in [2.05, 4.69) is 20.0 Å².